The van der Waals surface area contributed by atoms with Crippen molar-refractivity contribution in [2.75, 3.05) is 20.2 Å². The Bertz CT molecular complexity index is 1290. The molecule has 252 valence electrons. The Hall–Kier alpha value is -3.50. The number of benzene rings is 1. The molecule has 10 nitrogen and oxygen atoms in total. The highest BCUT2D eigenvalue weighted by Crippen LogP contribution is 2.59. The fourth-order valence-electron chi connectivity index (χ4n) is 7.68. The molecule has 1 N–H and O–H groups in total. The monoisotopic (exact) mass is 637 g/mol. The maximum atomic E-state index is 14.5. The normalized spacial score (nSPS) is 27.3. The Kier molecular flexibility index (Phi) is 11.5. The number of esters is 1. The number of likely N-dealkylation sites (tertiary alicyclic amines) is 1. The second kappa shape index (κ2) is 14.9. The fraction of sp³-hybridized carbons (Fsp3) is 0.611. The Balaban J connectivity index is 1.69. The molecule has 3 amide bonds. The molecule has 0 radical (unpaired) electrons. The highest BCUT2D eigenvalue weighted by molar-refractivity contribution is 5.98. The third-order valence-corrected chi connectivity index (χ3v) is 10.2. The van der Waals surface area contributed by atoms with Crippen molar-refractivity contribution in [1.29, 1.82) is 0 Å². The summed E-state index contributed by atoms with van der Waals surface area (Å²) in [7, 11) is 1.69. The fourth-order valence-corrected chi connectivity index (χ4v) is 7.68. The van der Waals surface area contributed by atoms with E-state index in [2.05, 4.69) is 20.1 Å². The van der Waals surface area contributed by atoms with Crippen LogP contribution < -0.4 is 0 Å². The molecular weight excluding hydrogens is 586 g/mol. The number of ether oxygens (including phenoxy) is 2. The molecule has 3 heterocycles. The molecule has 3 fully saturated rings. The molecule has 46 heavy (non-hydrogen) atoms. The minimum atomic E-state index is -1.22. The first kappa shape index (κ1) is 35.4. The van der Waals surface area contributed by atoms with Gasteiger partial charge in [0, 0.05) is 26.1 Å². The number of allylic oxidation sites excluding steroid dienone is 1. The molecule has 1 spiro atoms. The van der Waals surface area contributed by atoms with Gasteiger partial charge in [-0.25, -0.2) is 0 Å². The summed E-state index contributed by atoms with van der Waals surface area (Å²) in [5.41, 5.74) is -0.500. The minimum absolute atomic E-state index is 0.103. The molecule has 10 heteroatoms. The molecule has 0 saturated carbocycles. The lowest BCUT2D eigenvalue weighted by Crippen LogP contribution is -2.59. The number of nitrogens with zero attached hydrogens (tertiary/aromatic N) is 3. The first-order chi connectivity index (χ1) is 22.0. The summed E-state index contributed by atoms with van der Waals surface area (Å²) in [6, 6.07) is 6.97. The van der Waals surface area contributed by atoms with E-state index in [1.54, 1.807) is 35.9 Å². The van der Waals surface area contributed by atoms with Crippen LogP contribution in [0.25, 0.3) is 0 Å². The largest absolute Gasteiger partial charge is 0.455 e. The lowest BCUT2D eigenvalue weighted by molar-refractivity contribution is -0.165. The van der Waals surface area contributed by atoms with Crippen LogP contribution in [0.3, 0.4) is 0 Å². The molecule has 9 atom stereocenters. The van der Waals surface area contributed by atoms with Crippen molar-refractivity contribution in [3.05, 3.63) is 61.2 Å². The van der Waals surface area contributed by atoms with Crippen molar-refractivity contribution >= 4 is 23.7 Å². The van der Waals surface area contributed by atoms with E-state index in [0.29, 0.717) is 25.8 Å². The van der Waals surface area contributed by atoms with Gasteiger partial charge >= 0.3 is 5.97 Å². The molecule has 2 bridgehead atoms. The number of hydrogen-bond donors (Lipinski definition) is 1. The van der Waals surface area contributed by atoms with Gasteiger partial charge < -0.3 is 29.3 Å². The molecule has 4 rings (SSSR count). The third kappa shape index (κ3) is 6.38. The van der Waals surface area contributed by atoms with Gasteiger partial charge in [0.05, 0.1) is 36.6 Å². The van der Waals surface area contributed by atoms with Gasteiger partial charge in [0.15, 0.2) is 0 Å². The molecule has 0 aliphatic carbocycles. The third-order valence-electron chi connectivity index (χ3n) is 10.2. The summed E-state index contributed by atoms with van der Waals surface area (Å²) in [5, 5.41) is 10.2. The van der Waals surface area contributed by atoms with Crippen molar-refractivity contribution in [3.63, 3.8) is 0 Å². The Labute approximate surface area is 273 Å². The lowest BCUT2D eigenvalue weighted by Gasteiger charge is -2.40. The van der Waals surface area contributed by atoms with Gasteiger partial charge in [0.2, 0.25) is 17.7 Å². The van der Waals surface area contributed by atoms with Crippen LogP contribution in [0.5, 0.6) is 0 Å². The van der Waals surface area contributed by atoms with Crippen LogP contribution in [0.4, 0.5) is 0 Å². The average molecular weight is 638 g/mol. The average Bonchev–Trinajstić information content (AvgIpc) is 3.71. The molecule has 3 aliphatic heterocycles. The summed E-state index contributed by atoms with van der Waals surface area (Å²) >= 11 is 0. The van der Waals surface area contributed by atoms with Gasteiger partial charge in [0.25, 0.3) is 0 Å². The van der Waals surface area contributed by atoms with Gasteiger partial charge in [-0.15, -0.1) is 13.2 Å². The smallest absolute Gasteiger partial charge is 0.313 e. The van der Waals surface area contributed by atoms with Crippen LogP contribution in [0.2, 0.25) is 0 Å². The predicted molar refractivity (Wildman–Crippen MR) is 174 cm³/mol. The second-order valence-corrected chi connectivity index (χ2v) is 13.1. The Morgan fingerprint density at radius 3 is 2.48 bits per heavy atom. The number of carbonyl (C=O) groups is 4. The number of rotatable bonds is 16. The van der Waals surface area contributed by atoms with Gasteiger partial charge in [-0.1, -0.05) is 55.8 Å². The molecule has 0 aromatic heterocycles. The van der Waals surface area contributed by atoms with Crippen LogP contribution in [-0.2, 0) is 28.7 Å². The number of hydrogen-bond acceptors (Lipinski definition) is 7. The zero-order valence-electron chi connectivity index (χ0n) is 28.0. The van der Waals surface area contributed by atoms with Crippen LogP contribution in [0.15, 0.2) is 55.6 Å². The van der Waals surface area contributed by atoms with E-state index in [9.17, 15) is 24.3 Å². The van der Waals surface area contributed by atoms with E-state index in [1.165, 1.54) is 4.90 Å². The van der Waals surface area contributed by atoms with Gasteiger partial charge in [-0.3, -0.25) is 19.2 Å². The maximum absolute atomic E-state index is 14.5. The highest BCUT2D eigenvalue weighted by atomic mass is 16.6. The quantitative estimate of drug-likeness (QED) is 0.215. The molecule has 1 aromatic rings. The Morgan fingerprint density at radius 1 is 1.17 bits per heavy atom. The molecule has 1 aromatic carbocycles. The minimum Gasteiger partial charge on any atom is -0.455 e. The van der Waals surface area contributed by atoms with Crippen molar-refractivity contribution < 1.29 is 33.8 Å². The Morgan fingerprint density at radius 2 is 1.87 bits per heavy atom. The second-order valence-electron chi connectivity index (χ2n) is 13.1. The number of fused-ring (bicyclic) bond motifs is 1. The SMILES string of the molecule is C=CCCC(=O)N(C)[C@@H](C)[C@@H](OC(=O)[C@@H]1[C@H]2C(=O)N([C@H](C)CO)[C@H](C(=O)N(CC=C)C(C)CCC)[C@]23CC[C@H]1O3)c1ccccc1. The number of aliphatic hydroxyl groups excluding tert-OH is 1. The molecular formula is C36H51N3O7. The van der Waals surface area contributed by atoms with E-state index >= 15 is 0 Å². The van der Waals surface area contributed by atoms with Crippen LogP contribution in [-0.4, -0.2) is 99.6 Å². The van der Waals surface area contributed by atoms with Crippen LogP contribution in [0.1, 0.15) is 77.9 Å². The predicted octanol–water partition coefficient (Wildman–Crippen LogP) is 4.04. The zero-order valence-corrected chi connectivity index (χ0v) is 28.0. The van der Waals surface area contributed by atoms with Crippen molar-refractivity contribution in [2.24, 2.45) is 11.8 Å². The number of carbonyl (C=O) groups excluding carboxylic acids is 4. The van der Waals surface area contributed by atoms with E-state index in [0.717, 1.165) is 18.4 Å². The van der Waals surface area contributed by atoms with Crippen molar-refractivity contribution in [3.8, 4) is 0 Å². The number of likely N-dealkylation sites (N-methyl/N-ethyl adjacent to an activating group) is 1. The van der Waals surface area contributed by atoms with Gasteiger partial charge in [-0.05, 0) is 52.0 Å². The standard InChI is InChI=1S/C36H51N3O7/c1-8-11-18-28(41)37(7)25(6)31(26-16-13-12-14-17-26)45-35(44)29-27-19-20-36(46-27)30(29)33(42)39(24(5)22-40)32(36)34(43)38(21-10-3)23(4)15-9-2/h8,10,12-14,16-17,23-25,27,29-32,40H,1,3,9,11,15,18-22H2,2,4-7H3/t23?,24-,25+,27-,29+,30+,31-,32-,36+/m1/s1. The zero-order chi connectivity index (χ0) is 33.8. The number of amides is 3. The highest BCUT2D eigenvalue weighted by Gasteiger charge is 2.75. The van der Waals surface area contributed by atoms with E-state index in [4.69, 9.17) is 9.47 Å². The van der Waals surface area contributed by atoms with Gasteiger partial charge in [-0.2, -0.15) is 0 Å². The number of aliphatic hydroxyl groups is 1. The summed E-state index contributed by atoms with van der Waals surface area (Å²) in [5.74, 6) is -3.21. The molecule has 3 aliphatic rings. The maximum Gasteiger partial charge on any atom is 0.313 e. The first-order valence-corrected chi connectivity index (χ1v) is 16.6. The van der Waals surface area contributed by atoms with E-state index in [-0.39, 0.29) is 36.8 Å². The molecule has 1 unspecified atom stereocenters. The summed E-state index contributed by atoms with van der Waals surface area (Å²) < 4.78 is 12.9. The van der Waals surface area contributed by atoms with Crippen molar-refractivity contribution in [1.82, 2.24) is 14.7 Å². The molecule has 3 saturated heterocycles. The summed E-state index contributed by atoms with van der Waals surface area (Å²) in [6.45, 7) is 15.1. The lowest BCUT2D eigenvalue weighted by atomic mass is 9.70. The van der Waals surface area contributed by atoms with Crippen LogP contribution in [0, 0.1) is 11.8 Å². The topological polar surface area (TPSA) is 117 Å². The van der Waals surface area contributed by atoms with E-state index in [1.807, 2.05) is 44.2 Å². The summed E-state index contributed by atoms with van der Waals surface area (Å²) in [6.07, 6.45) is 5.35. The van der Waals surface area contributed by atoms with Crippen LogP contribution >= 0.6 is 0 Å². The van der Waals surface area contributed by atoms with Gasteiger partial charge in [0.1, 0.15) is 17.7 Å². The summed E-state index contributed by atoms with van der Waals surface area (Å²) in [4.78, 5) is 60.8. The van der Waals surface area contributed by atoms with E-state index < -0.39 is 53.7 Å². The van der Waals surface area contributed by atoms with Crippen molar-refractivity contribution in [2.45, 2.75) is 108 Å². The first-order valence-electron chi connectivity index (χ1n) is 16.6.